The summed E-state index contributed by atoms with van der Waals surface area (Å²) in [5.41, 5.74) is 11.0. The lowest BCUT2D eigenvalue weighted by atomic mass is 10.1. The predicted molar refractivity (Wildman–Crippen MR) is 273 cm³/mol. The number of benzene rings is 4. The minimum atomic E-state index is -1.02. The van der Waals surface area contributed by atoms with Crippen molar-refractivity contribution in [3.8, 4) is 22.3 Å². The molecule has 2 N–H and O–H groups in total. The van der Waals surface area contributed by atoms with Crippen LogP contribution in [-0.4, -0.2) is 75.1 Å². The minimum absolute atomic E-state index is 0.0456. The Morgan fingerprint density at radius 1 is 0.644 bits per heavy atom. The summed E-state index contributed by atoms with van der Waals surface area (Å²) in [7, 11) is 0. The van der Waals surface area contributed by atoms with E-state index in [-0.39, 0.29) is 29.8 Å². The molecule has 9 rings (SSSR count). The van der Waals surface area contributed by atoms with Gasteiger partial charge in [-0.15, -0.1) is 0 Å². The van der Waals surface area contributed by atoms with Crippen LogP contribution in [0.25, 0.3) is 33.4 Å². The molecule has 2 amide bonds. The van der Waals surface area contributed by atoms with Crippen molar-refractivity contribution in [3.05, 3.63) is 177 Å². The van der Waals surface area contributed by atoms with Crippen LogP contribution in [-0.2, 0) is 39.8 Å². The third-order valence-electron chi connectivity index (χ3n) is 13.2. The van der Waals surface area contributed by atoms with E-state index in [0.717, 1.165) is 75.8 Å². The maximum Gasteiger partial charge on any atom is 0.408 e. The summed E-state index contributed by atoms with van der Waals surface area (Å²) in [5, 5.41) is 4.98. The molecule has 3 atom stereocenters. The highest BCUT2D eigenvalue weighted by atomic mass is 16.6. The molecular formula is C57H58N6O10. The Hall–Kier alpha value is -8.11. The zero-order valence-corrected chi connectivity index (χ0v) is 41.2. The molecular weight excluding hydrogens is 929 g/mol. The number of nitrogens with zero attached hydrogens (tertiary/aromatic N) is 4. The number of fused-ring (bicyclic) bond motifs is 7. The summed E-state index contributed by atoms with van der Waals surface area (Å²) in [4.78, 5) is 75.5. The molecule has 0 radical (unpaired) electrons. The van der Waals surface area contributed by atoms with E-state index in [0.29, 0.717) is 6.54 Å². The Balaban J connectivity index is 0.835. The van der Waals surface area contributed by atoms with Crippen molar-refractivity contribution in [1.82, 2.24) is 29.7 Å². The maximum absolute atomic E-state index is 13.7. The third-order valence-corrected chi connectivity index (χ3v) is 13.2. The molecule has 16 nitrogen and oxygen atoms in total. The number of nitrogens with one attached hydrogen (secondary N) is 2. The highest BCUT2D eigenvalue weighted by Crippen LogP contribution is 2.46. The van der Waals surface area contributed by atoms with Gasteiger partial charge < -0.3 is 34.3 Å². The number of hydrogen-bond donors (Lipinski definition) is 2. The van der Waals surface area contributed by atoms with E-state index < -0.39 is 67.9 Å². The van der Waals surface area contributed by atoms with Crippen LogP contribution in [0.1, 0.15) is 100 Å². The first-order valence-electron chi connectivity index (χ1n) is 24.5. The molecule has 1 fully saturated rings. The van der Waals surface area contributed by atoms with Gasteiger partial charge in [0.2, 0.25) is 0 Å². The first-order chi connectivity index (χ1) is 35.4. The van der Waals surface area contributed by atoms with Gasteiger partial charge in [-0.1, -0.05) is 132 Å². The van der Waals surface area contributed by atoms with Crippen LogP contribution in [0.5, 0.6) is 0 Å². The SMILES string of the molecule is CC(C)=CCC/C(C)=C/CC/C(C)=C/Cn1cnc2c(ncn2[C@H]2C[C@@H](OC(=O)CNC(=O)OC3c4ccccc4-c4ccccc43)[C@@H](COC(=O)CNC(=O)OC3c4ccccc4-c4ccccc43)O2)c1=O. The van der Waals surface area contributed by atoms with Crippen molar-refractivity contribution >= 4 is 35.3 Å². The first kappa shape index (κ1) is 49.9. The van der Waals surface area contributed by atoms with Crippen LogP contribution in [0.3, 0.4) is 0 Å². The number of carbonyl (C=O) groups excluding carboxylic acids is 4. The van der Waals surface area contributed by atoms with E-state index in [1.165, 1.54) is 28.4 Å². The van der Waals surface area contributed by atoms with Crippen molar-refractivity contribution in [2.24, 2.45) is 0 Å². The smallest absolute Gasteiger partial charge is 0.408 e. The summed E-state index contributed by atoms with van der Waals surface area (Å²) in [6.07, 6.45) is 7.42. The highest BCUT2D eigenvalue weighted by Gasteiger charge is 2.41. The van der Waals surface area contributed by atoms with Gasteiger partial charge in [0.25, 0.3) is 5.56 Å². The van der Waals surface area contributed by atoms with E-state index in [1.54, 1.807) is 4.57 Å². The molecule has 16 heteroatoms. The first-order valence-corrected chi connectivity index (χ1v) is 24.5. The maximum atomic E-state index is 13.7. The van der Waals surface area contributed by atoms with Crippen molar-refractivity contribution in [2.45, 2.75) is 97.0 Å². The zero-order chi connectivity index (χ0) is 51.0. The Labute approximate surface area is 422 Å². The van der Waals surface area contributed by atoms with Crippen LogP contribution in [0.4, 0.5) is 9.59 Å². The van der Waals surface area contributed by atoms with Crippen molar-refractivity contribution in [3.63, 3.8) is 0 Å². The number of esters is 2. The molecule has 0 spiro atoms. The summed E-state index contributed by atoms with van der Waals surface area (Å²) in [6, 6.07) is 30.6. The van der Waals surface area contributed by atoms with Crippen LogP contribution < -0.4 is 16.2 Å². The van der Waals surface area contributed by atoms with Gasteiger partial charge in [-0.25, -0.2) is 19.6 Å². The number of imidazole rings is 1. The second kappa shape index (κ2) is 22.5. The Bertz CT molecular complexity index is 3110. The van der Waals surface area contributed by atoms with Crippen molar-refractivity contribution in [1.29, 1.82) is 0 Å². The number of hydrogen-bond acceptors (Lipinski definition) is 12. The van der Waals surface area contributed by atoms with Gasteiger partial charge in [0.1, 0.15) is 44.5 Å². The standard InChI is InChI=1S/C57H58N6O10/c1-35(2)15-13-16-36(3)17-14-18-37(4)27-28-62-33-61-54-51(55(62)66)60-34-63(54)48-29-46(71-50(65)31-59-57(68)73-53-44-25-11-7-21-40(44)41-22-8-12-26-45(41)53)47(70-48)32-69-49(64)30-58-56(67)72-52-42-23-9-5-19-38(42)39-20-6-10-24-43(39)52/h5-12,15,17,19-27,33-34,46-48,52-53H,13-14,16,18,28-32H2,1-4H3,(H,58,67)(H,59,68)/b36-17+,37-27+/t46-,47-,48-/m1/s1. The number of ether oxygens (including phenoxy) is 5. The van der Waals surface area contributed by atoms with Crippen molar-refractivity contribution in [2.75, 3.05) is 19.7 Å². The van der Waals surface area contributed by atoms with E-state index in [1.807, 2.05) is 110 Å². The Kier molecular flexibility index (Phi) is 15.4. The van der Waals surface area contributed by atoms with Crippen LogP contribution in [0.2, 0.25) is 0 Å². The van der Waals surface area contributed by atoms with Gasteiger partial charge in [-0.05, 0) is 75.6 Å². The van der Waals surface area contributed by atoms with E-state index in [9.17, 15) is 24.0 Å². The number of alkyl carbamates (subject to hydrolysis) is 2. The lowest BCUT2D eigenvalue weighted by Gasteiger charge is -2.20. The molecule has 1 aliphatic heterocycles. The molecule has 0 bridgehead atoms. The number of carbonyl (C=O) groups is 4. The number of rotatable bonds is 18. The fraction of sp³-hybridized carbons (Fsp3) is 0.316. The van der Waals surface area contributed by atoms with Crippen molar-refractivity contribution < 1.29 is 42.9 Å². The van der Waals surface area contributed by atoms with Gasteiger partial charge >= 0.3 is 24.1 Å². The van der Waals surface area contributed by atoms with Gasteiger partial charge in [-0.2, -0.15) is 0 Å². The monoisotopic (exact) mass is 986 g/mol. The van der Waals surface area contributed by atoms with E-state index >= 15 is 0 Å². The quantitative estimate of drug-likeness (QED) is 0.0472. The average molecular weight is 987 g/mol. The van der Waals surface area contributed by atoms with E-state index in [2.05, 4.69) is 53.5 Å². The Morgan fingerprint density at radius 3 is 1.70 bits per heavy atom. The molecule has 3 heterocycles. The van der Waals surface area contributed by atoms with Gasteiger partial charge in [0, 0.05) is 35.2 Å². The summed E-state index contributed by atoms with van der Waals surface area (Å²) >= 11 is 0. The van der Waals surface area contributed by atoms with Gasteiger partial charge in [0.05, 0.1) is 6.33 Å². The second-order valence-electron chi connectivity index (χ2n) is 18.7. The molecule has 73 heavy (non-hydrogen) atoms. The lowest BCUT2D eigenvalue weighted by molar-refractivity contribution is -0.157. The van der Waals surface area contributed by atoms with E-state index in [4.69, 9.17) is 23.7 Å². The molecule has 2 aliphatic carbocycles. The Morgan fingerprint density at radius 2 is 1.15 bits per heavy atom. The molecule has 2 aromatic heterocycles. The van der Waals surface area contributed by atoms with Crippen LogP contribution >= 0.6 is 0 Å². The summed E-state index contributed by atoms with van der Waals surface area (Å²) in [6.45, 7) is 7.28. The fourth-order valence-electron chi connectivity index (χ4n) is 9.52. The molecule has 4 aromatic carbocycles. The summed E-state index contributed by atoms with van der Waals surface area (Å²) < 4.78 is 32.5. The molecule has 0 unspecified atom stereocenters. The highest BCUT2D eigenvalue weighted by molar-refractivity contribution is 5.83. The molecule has 3 aliphatic rings. The number of allylic oxidation sites excluding steroid dienone is 6. The topological polar surface area (TPSA) is 191 Å². The number of amides is 2. The lowest BCUT2D eigenvalue weighted by Crippen LogP contribution is -2.38. The molecule has 0 saturated carbocycles. The number of aromatic nitrogens is 4. The van der Waals surface area contributed by atoms with Gasteiger partial charge in [0.15, 0.2) is 23.4 Å². The third kappa shape index (κ3) is 11.5. The molecule has 1 saturated heterocycles. The summed E-state index contributed by atoms with van der Waals surface area (Å²) in [5.74, 6) is -1.61. The van der Waals surface area contributed by atoms with Crippen LogP contribution in [0.15, 0.2) is 149 Å². The second-order valence-corrected chi connectivity index (χ2v) is 18.7. The zero-order valence-electron chi connectivity index (χ0n) is 41.2. The fourth-order valence-corrected chi connectivity index (χ4v) is 9.52. The molecule has 376 valence electrons. The van der Waals surface area contributed by atoms with Crippen LogP contribution in [0, 0.1) is 0 Å². The predicted octanol–water partition coefficient (Wildman–Crippen LogP) is 9.75. The van der Waals surface area contributed by atoms with Gasteiger partial charge in [-0.3, -0.25) is 23.5 Å². The minimum Gasteiger partial charge on any atom is -0.461 e. The normalized spacial score (nSPS) is 17.0. The largest absolute Gasteiger partial charge is 0.461 e. The average Bonchev–Trinajstić information content (AvgIpc) is 4.16. The molecule has 6 aromatic rings.